The molecule has 0 unspecified atom stereocenters. The predicted octanol–water partition coefficient (Wildman–Crippen LogP) is 2.60. The standard InChI is InChI=1S/C18H18N2O4/c1-20-15-11-13(7-8-16(15)24-18(20)22)9-10-19-17(21)23-12-14-5-3-2-4-6-14/h2-8,11H,9-10,12H2,1H3,(H,19,21). The van der Waals surface area contributed by atoms with Gasteiger partial charge in [-0.25, -0.2) is 9.59 Å². The van der Waals surface area contributed by atoms with E-state index in [1.54, 1.807) is 13.1 Å². The molecular weight excluding hydrogens is 308 g/mol. The number of nitrogens with one attached hydrogen (secondary N) is 1. The molecule has 2 aromatic carbocycles. The SMILES string of the molecule is Cn1c(=O)oc2ccc(CCNC(=O)OCc3ccccc3)cc21. The lowest BCUT2D eigenvalue weighted by molar-refractivity contribution is 0.140. The number of carbonyl (C=O) groups excluding carboxylic acids is 1. The van der Waals surface area contributed by atoms with E-state index in [1.807, 2.05) is 42.5 Å². The zero-order chi connectivity index (χ0) is 16.9. The van der Waals surface area contributed by atoms with Gasteiger partial charge in [-0.1, -0.05) is 36.4 Å². The normalized spacial score (nSPS) is 10.7. The lowest BCUT2D eigenvalue weighted by atomic mass is 10.1. The van der Waals surface area contributed by atoms with Crippen LogP contribution in [0.2, 0.25) is 0 Å². The van der Waals surface area contributed by atoms with E-state index in [2.05, 4.69) is 5.32 Å². The van der Waals surface area contributed by atoms with Crippen molar-refractivity contribution in [3.63, 3.8) is 0 Å². The molecule has 0 radical (unpaired) electrons. The maximum Gasteiger partial charge on any atom is 0.419 e. The van der Waals surface area contributed by atoms with Crippen LogP contribution < -0.4 is 11.1 Å². The van der Waals surface area contributed by atoms with Crippen molar-refractivity contribution < 1.29 is 13.9 Å². The van der Waals surface area contributed by atoms with Crippen molar-refractivity contribution in [3.05, 3.63) is 70.2 Å². The predicted molar refractivity (Wildman–Crippen MR) is 89.8 cm³/mol. The summed E-state index contributed by atoms with van der Waals surface area (Å²) < 4.78 is 11.7. The Balaban J connectivity index is 1.50. The van der Waals surface area contributed by atoms with Gasteiger partial charge < -0.3 is 14.5 Å². The smallest absolute Gasteiger partial charge is 0.419 e. The van der Waals surface area contributed by atoms with Crippen LogP contribution in [0.5, 0.6) is 0 Å². The number of carbonyl (C=O) groups is 1. The minimum atomic E-state index is -0.448. The van der Waals surface area contributed by atoms with Crippen molar-refractivity contribution in [2.75, 3.05) is 6.54 Å². The molecule has 3 rings (SSSR count). The quantitative estimate of drug-likeness (QED) is 0.782. The summed E-state index contributed by atoms with van der Waals surface area (Å²) in [6.45, 7) is 0.695. The van der Waals surface area contributed by atoms with E-state index in [-0.39, 0.29) is 12.4 Å². The summed E-state index contributed by atoms with van der Waals surface area (Å²) in [4.78, 5) is 23.1. The summed E-state index contributed by atoms with van der Waals surface area (Å²) in [5.74, 6) is -0.384. The van der Waals surface area contributed by atoms with Gasteiger partial charge in [0.15, 0.2) is 5.58 Å². The molecule has 6 heteroatoms. The number of rotatable bonds is 5. The van der Waals surface area contributed by atoms with Crippen molar-refractivity contribution in [1.82, 2.24) is 9.88 Å². The van der Waals surface area contributed by atoms with Gasteiger partial charge in [0, 0.05) is 13.6 Å². The number of aryl methyl sites for hydroxylation is 1. The number of alkyl carbamates (subject to hydrolysis) is 1. The molecular formula is C18H18N2O4. The Bertz CT molecular complexity index is 896. The van der Waals surface area contributed by atoms with E-state index >= 15 is 0 Å². The first-order chi connectivity index (χ1) is 11.6. The maximum atomic E-state index is 11.7. The largest absolute Gasteiger partial charge is 0.445 e. The zero-order valence-corrected chi connectivity index (χ0v) is 13.3. The number of benzene rings is 2. The fourth-order valence-corrected chi connectivity index (χ4v) is 2.41. The molecule has 0 saturated carbocycles. The van der Waals surface area contributed by atoms with Crippen molar-refractivity contribution in [2.45, 2.75) is 13.0 Å². The van der Waals surface area contributed by atoms with Crippen molar-refractivity contribution in [3.8, 4) is 0 Å². The second-order valence-corrected chi connectivity index (χ2v) is 5.47. The summed E-state index contributed by atoms with van der Waals surface area (Å²) in [6, 6.07) is 15.0. The summed E-state index contributed by atoms with van der Waals surface area (Å²) in [5, 5.41) is 2.72. The molecule has 0 saturated heterocycles. The molecule has 124 valence electrons. The molecule has 0 bridgehead atoms. The number of hydrogen-bond acceptors (Lipinski definition) is 4. The monoisotopic (exact) mass is 326 g/mol. The minimum Gasteiger partial charge on any atom is -0.445 e. The third-order valence-corrected chi connectivity index (χ3v) is 3.75. The molecule has 1 N–H and O–H groups in total. The Morgan fingerprint density at radius 3 is 2.75 bits per heavy atom. The van der Waals surface area contributed by atoms with Crippen LogP contribution in [-0.2, 0) is 24.8 Å². The van der Waals surface area contributed by atoms with Crippen molar-refractivity contribution in [1.29, 1.82) is 0 Å². The van der Waals surface area contributed by atoms with E-state index in [0.717, 1.165) is 16.6 Å². The molecule has 0 atom stereocenters. The van der Waals surface area contributed by atoms with Gasteiger partial charge in [0.1, 0.15) is 6.61 Å². The van der Waals surface area contributed by atoms with Crippen LogP contribution in [0.25, 0.3) is 11.1 Å². The number of aromatic nitrogens is 1. The highest BCUT2D eigenvalue weighted by Crippen LogP contribution is 2.14. The average Bonchev–Trinajstić information content (AvgIpc) is 2.88. The topological polar surface area (TPSA) is 73.5 Å². The van der Waals surface area contributed by atoms with Gasteiger partial charge >= 0.3 is 11.8 Å². The number of nitrogens with zero attached hydrogens (tertiary/aromatic N) is 1. The molecule has 1 aromatic heterocycles. The first-order valence-electron chi connectivity index (χ1n) is 7.66. The minimum absolute atomic E-state index is 0.246. The third-order valence-electron chi connectivity index (χ3n) is 3.75. The summed E-state index contributed by atoms with van der Waals surface area (Å²) in [7, 11) is 1.66. The number of oxazole rings is 1. The van der Waals surface area contributed by atoms with Crippen LogP contribution in [0.1, 0.15) is 11.1 Å². The molecule has 0 spiro atoms. The lowest BCUT2D eigenvalue weighted by Crippen LogP contribution is -2.26. The number of amides is 1. The van der Waals surface area contributed by atoms with Crippen LogP contribution >= 0.6 is 0 Å². The Morgan fingerprint density at radius 2 is 1.96 bits per heavy atom. The van der Waals surface area contributed by atoms with Gasteiger partial charge in [0.05, 0.1) is 5.52 Å². The van der Waals surface area contributed by atoms with Gasteiger partial charge in [0.25, 0.3) is 0 Å². The van der Waals surface area contributed by atoms with E-state index in [0.29, 0.717) is 18.5 Å². The molecule has 0 fully saturated rings. The highest BCUT2D eigenvalue weighted by Gasteiger charge is 2.07. The second kappa shape index (κ2) is 7.04. The Labute approximate surface area is 138 Å². The van der Waals surface area contributed by atoms with Crippen LogP contribution in [0, 0.1) is 0 Å². The van der Waals surface area contributed by atoms with Gasteiger partial charge in [-0.05, 0) is 29.7 Å². The van der Waals surface area contributed by atoms with Gasteiger partial charge in [-0.15, -0.1) is 0 Å². The highest BCUT2D eigenvalue weighted by molar-refractivity contribution is 5.73. The van der Waals surface area contributed by atoms with Crippen molar-refractivity contribution in [2.24, 2.45) is 7.05 Å². The fraction of sp³-hybridized carbons (Fsp3) is 0.222. The van der Waals surface area contributed by atoms with Gasteiger partial charge in [-0.3, -0.25) is 4.57 Å². The van der Waals surface area contributed by atoms with Crippen LogP contribution in [0.4, 0.5) is 4.79 Å². The maximum absolute atomic E-state index is 11.7. The van der Waals surface area contributed by atoms with Crippen molar-refractivity contribution >= 4 is 17.2 Å². The van der Waals surface area contributed by atoms with E-state index in [9.17, 15) is 9.59 Å². The second-order valence-electron chi connectivity index (χ2n) is 5.47. The number of ether oxygens (including phenoxy) is 1. The number of fused-ring (bicyclic) bond motifs is 1. The zero-order valence-electron chi connectivity index (χ0n) is 13.3. The highest BCUT2D eigenvalue weighted by atomic mass is 16.5. The Kier molecular flexibility index (Phi) is 4.65. The van der Waals surface area contributed by atoms with E-state index in [1.165, 1.54) is 4.57 Å². The third kappa shape index (κ3) is 3.65. The average molecular weight is 326 g/mol. The Hall–Kier alpha value is -3.02. The Morgan fingerprint density at radius 1 is 1.17 bits per heavy atom. The lowest BCUT2D eigenvalue weighted by Gasteiger charge is -2.07. The van der Waals surface area contributed by atoms with Gasteiger partial charge in [0.2, 0.25) is 0 Å². The molecule has 1 amide bonds. The summed E-state index contributed by atoms with van der Waals surface area (Å²) >= 11 is 0. The summed E-state index contributed by atoms with van der Waals surface area (Å²) in [6.07, 6.45) is 0.186. The first kappa shape index (κ1) is 15.9. The molecule has 0 aliphatic carbocycles. The van der Waals surface area contributed by atoms with Crippen LogP contribution in [-0.4, -0.2) is 17.2 Å². The molecule has 3 aromatic rings. The van der Waals surface area contributed by atoms with Crippen LogP contribution in [0.3, 0.4) is 0 Å². The summed E-state index contributed by atoms with van der Waals surface area (Å²) in [5.41, 5.74) is 3.24. The van der Waals surface area contributed by atoms with Crippen LogP contribution in [0.15, 0.2) is 57.7 Å². The first-order valence-corrected chi connectivity index (χ1v) is 7.66. The molecule has 6 nitrogen and oxygen atoms in total. The van der Waals surface area contributed by atoms with E-state index < -0.39 is 6.09 Å². The van der Waals surface area contributed by atoms with Gasteiger partial charge in [-0.2, -0.15) is 0 Å². The van der Waals surface area contributed by atoms with E-state index in [4.69, 9.17) is 9.15 Å². The number of hydrogen-bond donors (Lipinski definition) is 1. The fourth-order valence-electron chi connectivity index (χ4n) is 2.41. The molecule has 0 aliphatic rings. The molecule has 1 heterocycles. The molecule has 24 heavy (non-hydrogen) atoms. The molecule has 0 aliphatic heterocycles.